The highest BCUT2D eigenvalue weighted by Crippen LogP contribution is 2.25. The molecule has 0 radical (unpaired) electrons. The number of nitrogens with zero attached hydrogens (tertiary/aromatic N) is 1. The van der Waals surface area contributed by atoms with Gasteiger partial charge in [-0.15, -0.1) is 0 Å². The maximum Gasteiger partial charge on any atom is 0.276 e. The van der Waals surface area contributed by atoms with Gasteiger partial charge in [0.25, 0.3) is 5.56 Å². The Morgan fingerprint density at radius 2 is 1.94 bits per heavy atom. The molecule has 6 heteroatoms. The molecule has 0 atom stereocenters. The minimum Gasteiger partial charge on any atom is -0.391 e. The molecule has 0 fully saturated rings. The monoisotopic (exact) mass is 280 g/mol. The van der Waals surface area contributed by atoms with Crippen molar-refractivity contribution in [2.45, 2.75) is 0 Å². The highest BCUT2D eigenvalue weighted by Gasteiger charge is 2.09. The molecule has 1 aromatic heterocycles. The third kappa shape index (κ3) is 1.79. The number of anilines is 2. The van der Waals surface area contributed by atoms with E-state index in [1.165, 1.54) is 0 Å². The predicted molar refractivity (Wildman–Crippen MR) is 66.8 cm³/mol. The lowest BCUT2D eigenvalue weighted by Gasteiger charge is -2.05. The largest absolute Gasteiger partial charge is 0.391 e. The van der Waals surface area contributed by atoms with Gasteiger partial charge < -0.3 is 16.5 Å². The minimum atomic E-state index is -0.432. The van der Waals surface area contributed by atoms with E-state index in [0.29, 0.717) is 5.82 Å². The number of nitrogen functional groups attached to an aromatic ring is 2. The Morgan fingerprint density at radius 3 is 2.56 bits per heavy atom. The molecule has 0 aliphatic carbocycles. The van der Waals surface area contributed by atoms with Crippen LogP contribution in [0.2, 0.25) is 0 Å². The van der Waals surface area contributed by atoms with E-state index >= 15 is 0 Å². The fraction of sp³-hybridized carbons (Fsp3) is 0. The average molecular weight is 281 g/mol. The summed E-state index contributed by atoms with van der Waals surface area (Å²) in [6.45, 7) is 0. The van der Waals surface area contributed by atoms with Crippen LogP contribution in [0, 0.1) is 0 Å². The molecular formula is C10H9BrN4O. The summed E-state index contributed by atoms with van der Waals surface area (Å²) in [5.41, 5.74) is 11.2. The molecule has 1 heterocycles. The van der Waals surface area contributed by atoms with Gasteiger partial charge in [-0.2, -0.15) is 0 Å². The van der Waals surface area contributed by atoms with Crippen molar-refractivity contribution in [3.63, 3.8) is 0 Å². The maximum absolute atomic E-state index is 11.4. The van der Waals surface area contributed by atoms with Crippen LogP contribution in [-0.4, -0.2) is 9.97 Å². The van der Waals surface area contributed by atoms with Crippen molar-refractivity contribution < 1.29 is 0 Å². The second-order valence-corrected chi connectivity index (χ2v) is 4.05. The summed E-state index contributed by atoms with van der Waals surface area (Å²) in [4.78, 5) is 18.0. The number of hydrogen-bond donors (Lipinski definition) is 3. The Bertz CT molecular complexity index is 594. The van der Waals surface area contributed by atoms with Crippen LogP contribution in [0.4, 0.5) is 11.5 Å². The summed E-state index contributed by atoms with van der Waals surface area (Å²) < 4.78 is 0.822. The number of nitrogens with one attached hydrogen (secondary N) is 1. The summed E-state index contributed by atoms with van der Waals surface area (Å²) in [6.07, 6.45) is 0. The van der Waals surface area contributed by atoms with Crippen molar-refractivity contribution in [3.05, 3.63) is 39.1 Å². The molecule has 0 saturated heterocycles. The fourth-order valence-electron chi connectivity index (χ4n) is 1.28. The Morgan fingerprint density at radius 1 is 1.25 bits per heavy atom. The van der Waals surface area contributed by atoms with E-state index < -0.39 is 5.56 Å². The van der Waals surface area contributed by atoms with E-state index in [4.69, 9.17) is 11.5 Å². The van der Waals surface area contributed by atoms with Crippen LogP contribution in [0.25, 0.3) is 11.4 Å². The number of nitrogens with two attached hydrogens (primary N) is 2. The molecule has 0 amide bonds. The van der Waals surface area contributed by atoms with Crippen LogP contribution < -0.4 is 17.0 Å². The van der Waals surface area contributed by atoms with Crippen molar-refractivity contribution in [2.75, 3.05) is 11.5 Å². The Labute approximate surface area is 99.6 Å². The van der Waals surface area contributed by atoms with Gasteiger partial charge in [-0.25, -0.2) is 4.98 Å². The average Bonchev–Trinajstić information content (AvgIpc) is 2.26. The number of aromatic nitrogens is 2. The predicted octanol–water partition coefficient (Wildman–Crippen LogP) is 1.36. The van der Waals surface area contributed by atoms with Gasteiger partial charge in [0.15, 0.2) is 5.82 Å². The lowest BCUT2D eigenvalue weighted by Crippen LogP contribution is -2.17. The Kier molecular flexibility index (Phi) is 2.66. The molecule has 0 aliphatic rings. The first-order chi connectivity index (χ1) is 7.59. The van der Waals surface area contributed by atoms with Crippen LogP contribution >= 0.6 is 15.9 Å². The number of H-pyrrole nitrogens is 1. The van der Waals surface area contributed by atoms with Gasteiger partial charge in [-0.3, -0.25) is 4.79 Å². The molecule has 5 N–H and O–H groups in total. The van der Waals surface area contributed by atoms with Gasteiger partial charge in [0.05, 0.1) is 0 Å². The molecule has 1 aromatic carbocycles. The maximum atomic E-state index is 11.4. The highest BCUT2D eigenvalue weighted by atomic mass is 79.9. The molecule has 82 valence electrons. The van der Waals surface area contributed by atoms with E-state index in [2.05, 4.69) is 25.9 Å². The SMILES string of the molecule is Nc1nc(-c2ccccc2Br)[nH]c(=O)c1N. The van der Waals surface area contributed by atoms with E-state index in [-0.39, 0.29) is 11.5 Å². The molecule has 0 bridgehead atoms. The first-order valence-electron chi connectivity index (χ1n) is 4.50. The lowest BCUT2D eigenvalue weighted by molar-refractivity contribution is 1.14. The zero-order valence-corrected chi connectivity index (χ0v) is 9.78. The normalized spacial score (nSPS) is 10.3. The Balaban J connectivity index is 2.67. The lowest BCUT2D eigenvalue weighted by atomic mass is 10.2. The second-order valence-electron chi connectivity index (χ2n) is 3.19. The smallest absolute Gasteiger partial charge is 0.276 e. The Hall–Kier alpha value is -1.82. The summed E-state index contributed by atoms with van der Waals surface area (Å²) in [5, 5.41) is 0. The molecule has 2 rings (SSSR count). The molecule has 0 spiro atoms. The molecule has 16 heavy (non-hydrogen) atoms. The number of rotatable bonds is 1. The van der Waals surface area contributed by atoms with Gasteiger partial charge in [0, 0.05) is 10.0 Å². The second kappa shape index (κ2) is 3.97. The van der Waals surface area contributed by atoms with Gasteiger partial charge in [0.2, 0.25) is 0 Å². The van der Waals surface area contributed by atoms with Crippen LogP contribution in [0.1, 0.15) is 0 Å². The third-order valence-electron chi connectivity index (χ3n) is 2.11. The first-order valence-corrected chi connectivity index (χ1v) is 5.29. The molecule has 0 saturated carbocycles. The fourth-order valence-corrected chi connectivity index (χ4v) is 1.75. The van der Waals surface area contributed by atoms with E-state index in [9.17, 15) is 4.79 Å². The van der Waals surface area contributed by atoms with Crippen LogP contribution in [-0.2, 0) is 0 Å². The van der Waals surface area contributed by atoms with Crippen molar-refractivity contribution in [1.29, 1.82) is 0 Å². The van der Waals surface area contributed by atoms with Crippen molar-refractivity contribution in [3.8, 4) is 11.4 Å². The molecule has 0 unspecified atom stereocenters. The topological polar surface area (TPSA) is 97.8 Å². The van der Waals surface area contributed by atoms with Gasteiger partial charge in [-0.1, -0.05) is 34.1 Å². The number of benzene rings is 1. The third-order valence-corrected chi connectivity index (χ3v) is 2.81. The van der Waals surface area contributed by atoms with Crippen molar-refractivity contribution in [1.82, 2.24) is 9.97 Å². The number of aromatic amines is 1. The van der Waals surface area contributed by atoms with Gasteiger partial charge in [-0.05, 0) is 6.07 Å². The van der Waals surface area contributed by atoms with Crippen molar-refractivity contribution >= 4 is 27.4 Å². The summed E-state index contributed by atoms with van der Waals surface area (Å²) in [7, 11) is 0. The van der Waals surface area contributed by atoms with Crippen molar-refractivity contribution in [2.24, 2.45) is 0 Å². The molecule has 5 nitrogen and oxygen atoms in total. The van der Waals surface area contributed by atoms with E-state index in [1.807, 2.05) is 24.3 Å². The van der Waals surface area contributed by atoms with Crippen LogP contribution in [0.15, 0.2) is 33.5 Å². The summed E-state index contributed by atoms with van der Waals surface area (Å²) in [6, 6.07) is 7.37. The summed E-state index contributed by atoms with van der Waals surface area (Å²) in [5.74, 6) is 0.429. The zero-order chi connectivity index (χ0) is 11.7. The van der Waals surface area contributed by atoms with Crippen LogP contribution in [0.5, 0.6) is 0 Å². The molecule has 0 aliphatic heterocycles. The van der Waals surface area contributed by atoms with Gasteiger partial charge >= 0.3 is 0 Å². The minimum absolute atomic E-state index is 0.0366. The van der Waals surface area contributed by atoms with E-state index in [1.54, 1.807) is 0 Å². The zero-order valence-electron chi connectivity index (χ0n) is 8.20. The van der Waals surface area contributed by atoms with Gasteiger partial charge in [0.1, 0.15) is 11.5 Å². The standard InChI is InChI=1S/C10H9BrN4O/c11-6-4-2-1-3-5(6)9-14-8(13)7(12)10(16)15-9/h1-4H,12H2,(H3,13,14,15,16). The van der Waals surface area contributed by atoms with E-state index in [0.717, 1.165) is 10.0 Å². The number of hydrogen-bond acceptors (Lipinski definition) is 4. The highest BCUT2D eigenvalue weighted by molar-refractivity contribution is 9.10. The quantitative estimate of drug-likeness (QED) is 0.735. The summed E-state index contributed by atoms with van der Waals surface area (Å²) >= 11 is 3.37. The first kappa shape index (κ1) is 10.7. The molecular weight excluding hydrogens is 272 g/mol. The van der Waals surface area contributed by atoms with Crippen LogP contribution in [0.3, 0.4) is 0 Å². The number of halogens is 1. The molecule has 2 aromatic rings.